The molecule has 0 radical (unpaired) electrons. The van der Waals surface area contributed by atoms with E-state index in [4.69, 9.17) is 0 Å². The molecular formula is C128H176O8. The van der Waals surface area contributed by atoms with Gasteiger partial charge in [0, 0.05) is 0 Å². The summed E-state index contributed by atoms with van der Waals surface area (Å²) in [6, 6.07) is 79.0. The van der Waals surface area contributed by atoms with Crippen molar-refractivity contribution >= 4 is 0 Å². The normalized spacial score (nSPS) is 10.7. The van der Waals surface area contributed by atoms with Crippen LogP contribution in [0.4, 0.5) is 0 Å². The lowest BCUT2D eigenvalue weighted by Crippen LogP contribution is -1.96. The van der Waals surface area contributed by atoms with Gasteiger partial charge in [-0.05, 0) is 281 Å². The van der Waals surface area contributed by atoms with E-state index in [1.165, 1.54) is 270 Å². The van der Waals surface area contributed by atoms with Gasteiger partial charge in [0.15, 0.2) is 43.4 Å². The zero-order valence-corrected chi connectivity index (χ0v) is 87.6. The molecule has 0 amide bonds. The lowest BCUT2D eigenvalue weighted by atomic mass is 10.0. The molecule has 0 aliphatic carbocycles. The van der Waals surface area contributed by atoms with Gasteiger partial charge in [-0.15, -0.1) is 0 Å². The molecule has 10 rings (SSSR count). The number of hydrogen-bond acceptors (Lipinski definition) is 8. The molecule has 0 aliphatic heterocycles. The van der Waals surface area contributed by atoms with E-state index in [0.717, 1.165) is 98.9 Å². The molecule has 0 bridgehead atoms. The van der Waals surface area contributed by atoms with Crippen LogP contribution < -0.4 is 43.4 Å². The van der Waals surface area contributed by atoms with E-state index in [2.05, 4.69) is 111 Å². The van der Waals surface area contributed by atoms with E-state index in [0.29, 0.717) is 11.8 Å². The van der Waals surface area contributed by atoms with E-state index >= 15 is 0 Å². The van der Waals surface area contributed by atoms with Crippen LogP contribution in [-0.4, -0.2) is 0 Å². The van der Waals surface area contributed by atoms with Crippen molar-refractivity contribution in [2.75, 3.05) is 0 Å². The number of rotatable bonds is 45. The molecule has 1 atom stereocenters. The van der Waals surface area contributed by atoms with Crippen molar-refractivity contribution < 1.29 is 0 Å². The average molecular weight is 1840 g/mol. The Hall–Kier alpha value is -10.4. The molecule has 0 fully saturated rings. The summed E-state index contributed by atoms with van der Waals surface area (Å²) < 4.78 is 0. The van der Waals surface area contributed by atoms with Crippen LogP contribution in [0.5, 0.6) is 0 Å². The minimum absolute atomic E-state index is 0.0807. The van der Waals surface area contributed by atoms with Crippen molar-refractivity contribution in [3.05, 3.63) is 414 Å². The summed E-state index contributed by atoms with van der Waals surface area (Å²) in [5.41, 5.74) is 20.7. The first-order valence-electron chi connectivity index (χ1n) is 52.6. The summed E-state index contributed by atoms with van der Waals surface area (Å²) in [7, 11) is 0. The number of unbranched alkanes of at least 4 members (excludes halogenated alkanes) is 32. The highest BCUT2D eigenvalue weighted by Crippen LogP contribution is 2.23. The van der Waals surface area contributed by atoms with Gasteiger partial charge in [-0.3, -0.25) is 38.4 Å². The van der Waals surface area contributed by atoms with Gasteiger partial charge in [-0.1, -0.05) is 467 Å². The zero-order chi connectivity index (χ0) is 99.7. The highest BCUT2D eigenvalue weighted by molar-refractivity contribution is 5.64. The average Bonchev–Trinajstić information content (AvgIpc) is 1.60. The quantitative estimate of drug-likeness (QED) is 0.0344. The molecule has 0 aromatic heterocycles. The molecule has 8 heteroatoms. The maximum Gasteiger partial charge on any atom is 0.181 e. The van der Waals surface area contributed by atoms with Crippen LogP contribution in [-0.2, 0) is 25.7 Å². The Bertz CT molecular complexity index is 5450. The van der Waals surface area contributed by atoms with Crippen molar-refractivity contribution in [2.24, 2.45) is 0 Å². The summed E-state index contributed by atoms with van der Waals surface area (Å²) in [6.07, 6.45) is 54.6. The van der Waals surface area contributed by atoms with Crippen LogP contribution in [0.3, 0.4) is 0 Å². The fourth-order valence-electron chi connectivity index (χ4n) is 15.3. The molecule has 10 aromatic rings. The zero-order valence-electron chi connectivity index (χ0n) is 87.6. The maximum absolute atomic E-state index is 11.5. The smallest absolute Gasteiger partial charge is 0.181 e. The fraction of sp³-hybridized carbons (Fsp3) is 0.469. The van der Waals surface area contributed by atoms with Crippen LogP contribution in [0.1, 0.15) is 388 Å². The number of benzene rings is 2. The molecule has 1 unspecified atom stereocenters. The van der Waals surface area contributed by atoms with Crippen molar-refractivity contribution in [3.63, 3.8) is 0 Å². The van der Waals surface area contributed by atoms with Crippen molar-refractivity contribution in [2.45, 2.75) is 393 Å². The summed E-state index contributed by atoms with van der Waals surface area (Å²) in [4.78, 5) is 91.3. The van der Waals surface area contributed by atoms with Gasteiger partial charge in [0.05, 0.1) is 0 Å². The molecule has 0 saturated heterocycles. The van der Waals surface area contributed by atoms with Gasteiger partial charge in [0.1, 0.15) is 0 Å². The Labute approximate surface area is 823 Å². The first kappa shape index (κ1) is 120. The summed E-state index contributed by atoms with van der Waals surface area (Å²) in [5, 5.41) is 0. The van der Waals surface area contributed by atoms with Crippen molar-refractivity contribution in [3.8, 4) is 22.3 Å². The van der Waals surface area contributed by atoms with Crippen LogP contribution in [0, 0.1) is 62.3 Å². The number of aryl methyl sites for hydroxylation is 13. The molecule has 0 N–H and O–H groups in total. The molecule has 0 heterocycles. The lowest BCUT2D eigenvalue weighted by molar-refractivity contribution is 0.544. The van der Waals surface area contributed by atoms with Crippen molar-refractivity contribution in [1.82, 2.24) is 0 Å². The predicted molar refractivity (Wildman–Crippen MR) is 592 cm³/mol. The summed E-state index contributed by atoms with van der Waals surface area (Å²) >= 11 is 0. The summed E-state index contributed by atoms with van der Waals surface area (Å²) in [6.45, 7) is 34.6. The molecule has 0 aliphatic rings. The summed E-state index contributed by atoms with van der Waals surface area (Å²) in [5.74, 6) is 1.02. The van der Waals surface area contributed by atoms with Gasteiger partial charge in [-0.2, -0.15) is 0 Å². The highest BCUT2D eigenvalue weighted by atomic mass is 16.1. The van der Waals surface area contributed by atoms with Gasteiger partial charge in [-0.25, -0.2) is 0 Å². The van der Waals surface area contributed by atoms with E-state index in [1.807, 2.05) is 207 Å². The second-order valence-electron chi connectivity index (χ2n) is 37.9. The Morgan fingerprint density at radius 2 is 0.353 bits per heavy atom. The third-order valence-electron chi connectivity index (χ3n) is 25.5. The third kappa shape index (κ3) is 56.3. The van der Waals surface area contributed by atoms with E-state index in [1.54, 1.807) is 48.5 Å². The van der Waals surface area contributed by atoms with Crippen molar-refractivity contribution in [1.29, 1.82) is 0 Å². The molecule has 0 spiro atoms. The first-order valence-corrected chi connectivity index (χ1v) is 52.6. The van der Waals surface area contributed by atoms with Crippen LogP contribution in [0.25, 0.3) is 22.3 Å². The van der Waals surface area contributed by atoms with Gasteiger partial charge in [0.2, 0.25) is 0 Å². The van der Waals surface area contributed by atoms with Crippen LogP contribution in [0.15, 0.2) is 287 Å². The number of hydrogen-bond donors (Lipinski definition) is 0. The predicted octanol–water partition coefficient (Wildman–Crippen LogP) is 33.4. The molecule has 0 saturated carbocycles. The van der Waals surface area contributed by atoms with E-state index in [-0.39, 0.29) is 43.4 Å². The topological polar surface area (TPSA) is 137 Å². The van der Waals surface area contributed by atoms with Gasteiger partial charge in [0.25, 0.3) is 0 Å². The van der Waals surface area contributed by atoms with Crippen LogP contribution in [0.2, 0.25) is 0 Å². The largest absolute Gasteiger partial charge is 0.290 e. The maximum atomic E-state index is 11.5. The van der Waals surface area contributed by atoms with Gasteiger partial charge >= 0.3 is 0 Å². The molecule has 136 heavy (non-hydrogen) atoms. The Balaban J connectivity index is 0.000000403. The van der Waals surface area contributed by atoms with Gasteiger partial charge < -0.3 is 0 Å². The monoisotopic (exact) mass is 1840 g/mol. The Kier molecular flexibility index (Phi) is 66.6. The lowest BCUT2D eigenvalue weighted by Gasteiger charge is -2.05. The third-order valence-corrected chi connectivity index (χ3v) is 25.5. The first-order chi connectivity index (χ1) is 65.6. The second kappa shape index (κ2) is 75.6. The second-order valence-corrected chi connectivity index (χ2v) is 37.9. The molecule has 10 aromatic carbocycles. The van der Waals surface area contributed by atoms with E-state index < -0.39 is 0 Å². The van der Waals surface area contributed by atoms with Crippen LogP contribution >= 0.6 is 0 Å². The minimum Gasteiger partial charge on any atom is -0.290 e. The Morgan fingerprint density at radius 1 is 0.176 bits per heavy atom. The minimum atomic E-state index is 0.0807. The van der Waals surface area contributed by atoms with E-state index in [9.17, 15) is 38.4 Å². The standard InChI is InChI=1S/C22H36O.C20H32O.C18H28O.C16H24O.C15H14O.C14H12O.C12H16O.C11H14O/c1-3-4-5-6-7-8-9-10-11-12-13-14-15-21-17-16-20(2)22(23)19-18-21;1-3-4-5-6-7-8-9-10-11-12-13-19-15-14-18(2)20(21)17-16-19;1-3-4-5-6-7-8-9-10-11-17-13-12-16(2)18(19)15-14-17;1-3-4-5-6-7-8-9-15-11-10-14(2)16(17)13-12-15;1-11-3-6-13(7-4-11)14-8-5-12(2)15(16)10-9-14;1-11-7-8-13(9-10-14(11)15)12-5-3-2-4-6-12;1-4-9(2)11-6-5-10(3)12(13)8-7-11;1-8(2)10-5-4-9(3)11(12)7-6-10/h16-19H,3-15H2,1-2H3;14-17H,3-13H2,1-2H3;12-15H,3-11H2,1-2H3;10-13H,3-9H2,1-2H3;3-10H,1-2H3;2-10H,1H3;5-9H,4H2,1-3H3;4-8H,1-3H3. The molecule has 8 nitrogen and oxygen atoms in total. The molecule has 736 valence electrons. The fourth-order valence-corrected chi connectivity index (χ4v) is 15.3. The molecular weight excluding hydrogens is 1670 g/mol. The highest BCUT2D eigenvalue weighted by Gasteiger charge is 2.07. The Morgan fingerprint density at radius 3 is 0.603 bits per heavy atom. The SMILES string of the molecule is CCC(C)c1ccc(C)c(=O)cc1.CCCCCCCCCCCCCCc1ccc(C)c(=O)cc1.CCCCCCCCCCCCc1ccc(C)c(=O)cc1.CCCCCCCCCCc1ccc(C)c(=O)cc1.CCCCCCCCc1ccc(C)c(=O)cc1.Cc1ccc(-c2ccc(C)c(=O)cc2)cc1.Cc1ccc(-c2ccccc2)ccc1=O.Cc1ccc(C(C)C)ccc1=O.